The topological polar surface area (TPSA) is 33.5 Å². The lowest BCUT2D eigenvalue weighted by Crippen LogP contribution is -3.06. The molecule has 128 valence electrons. The van der Waals surface area contributed by atoms with Crippen LogP contribution in [0.5, 0.6) is 0 Å². The Bertz CT molecular complexity index is 632. The van der Waals surface area contributed by atoms with E-state index >= 15 is 0 Å². The summed E-state index contributed by atoms with van der Waals surface area (Å²) in [5, 5.41) is 3.90. The second-order valence-electron chi connectivity index (χ2n) is 5.99. The van der Waals surface area contributed by atoms with E-state index in [1.54, 1.807) is 11.8 Å². The van der Waals surface area contributed by atoms with Crippen LogP contribution >= 0.6 is 23.4 Å². The van der Waals surface area contributed by atoms with Gasteiger partial charge in [-0.1, -0.05) is 41.9 Å². The number of thioether (sulfide) groups is 1. The van der Waals surface area contributed by atoms with Crippen LogP contribution < -0.4 is 10.2 Å². The highest BCUT2D eigenvalue weighted by Gasteiger charge is 2.17. The Labute approximate surface area is 153 Å². The van der Waals surface area contributed by atoms with Crippen molar-refractivity contribution in [1.29, 1.82) is 0 Å². The Kier molecular flexibility index (Phi) is 7.63. The molecule has 0 fully saturated rings. The normalized spacial score (nSPS) is 12.2. The Balaban J connectivity index is 1.85. The fourth-order valence-corrected chi connectivity index (χ4v) is 3.38. The van der Waals surface area contributed by atoms with Crippen molar-refractivity contribution in [1.82, 2.24) is 5.32 Å². The monoisotopic (exact) mass is 363 g/mol. The van der Waals surface area contributed by atoms with Crippen LogP contribution in [0.3, 0.4) is 0 Å². The van der Waals surface area contributed by atoms with E-state index in [0.717, 1.165) is 27.8 Å². The van der Waals surface area contributed by atoms with Gasteiger partial charge in [-0.15, -0.1) is 11.8 Å². The van der Waals surface area contributed by atoms with E-state index in [1.165, 1.54) is 4.90 Å². The highest BCUT2D eigenvalue weighted by molar-refractivity contribution is 7.99. The summed E-state index contributed by atoms with van der Waals surface area (Å²) in [6.07, 6.45) is 0.499. The summed E-state index contributed by atoms with van der Waals surface area (Å²) in [5.74, 6) is 0.843. The van der Waals surface area contributed by atoms with Gasteiger partial charge >= 0.3 is 0 Å². The van der Waals surface area contributed by atoms with Crippen LogP contribution in [0.2, 0.25) is 5.02 Å². The molecule has 0 aliphatic heterocycles. The molecule has 2 N–H and O–H groups in total. The molecule has 0 heterocycles. The van der Waals surface area contributed by atoms with Gasteiger partial charge in [0, 0.05) is 22.1 Å². The molecule has 0 radical (unpaired) electrons. The Morgan fingerprint density at radius 2 is 1.79 bits per heavy atom. The van der Waals surface area contributed by atoms with Crippen LogP contribution in [0, 0.1) is 0 Å². The Morgan fingerprint density at radius 3 is 2.42 bits per heavy atom. The summed E-state index contributed by atoms with van der Waals surface area (Å²) in [4.78, 5) is 14.7. The molecule has 1 atom stereocenters. The predicted octanol–water partition coefficient (Wildman–Crippen LogP) is 2.82. The van der Waals surface area contributed by atoms with Crippen LogP contribution in [0.15, 0.2) is 59.5 Å². The number of nitrogens with one attached hydrogen (secondary N) is 2. The second kappa shape index (κ2) is 9.72. The number of likely N-dealkylation sites (N-methyl/N-ethyl adjacent to an activating group) is 1. The first-order chi connectivity index (χ1) is 11.5. The number of hydrogen-bond acceptors (Lipinski definition) is 2. The van der Waals surface area contributed by atoms with Gasteiger partial charge in [-0.3, -0.25) is 4.79 Å². The molecule has 0 saturated carbocycles. The van der Waals surface area contributed by atoms with E-state index in [4.69, 9.17) is 11.6 Å². The third-order valence-corrected chi connectivity index (χ3v) is 4.83. The summed E-state index contributed by atoms with van der Waals surface area (Å²) >= 11 is 7.55. The number of benzene rings is 2. The number of carbonyl (C=O) groups is 1. The van der Waals surface area contributed by atoms with Crippen LogP contribution in [0.25, 0.3) is 0 Å². The fraction of sp³-hybridized carbons (Fsp3) is 0.316. The van der Waals surface area contributed by atoms with Crippen molar-refractivity contribution in [2.45, 2.75) is 17.4 Å². The molecule has 0 aliphatic carbocycles. The minimum absolute atomic E-state index is 0.0456. The van der Waals surface area contributed by atoms with E-state index < -0.39 is 0 Å². The van der Waals surface area contributed by atoms with Crippen molar-refractivity contribution < 1.29 is 9.69 Å². The lowest BCUT2D eigenvalue weighted by molar-refractivity contribution is -0.860. The molecular formula is C19H24ClN2OS+. The molecule has 3 nitrogen and oxygen atoms in total. The first-order valence-corrected chi connectivity index (χ1v) is 9.42. The van der Waals surface area contributed by atoms with Crippen molar-refractivity contribution in [3.8, 4) is 0 Å². The lowest BCUT2D eigenvalue weighted by atomic mass is 10.1. The quantitative estimate of drug-likeness (QED) is 0.707. The number of quaternary nitrogens is 1. The van der Waals surface area contributed by atoms with Crippen LogP contribution in [0.4, 0.5) is 0 Å². The molecule has 0 saturated heterocycles. The molecular weight excluding hydrogens is 340 g/mol. The number of amides is 1. The number of halogens is 1. The third-order valence-electron chi connectivity index (χ3n) is 3.56. The van der Waals surface area contributed by atoms with Gasteiger partial charge in [-0.2, -0.15) is 0 Å². The van der Waals surface area contributed by atoms with Crippen molar-refractivity contribution >= 4 is 29.3 Å². The predicted molar refractivity (Wildman–Crippen MR) is 102 cm³/mol. The smallest absolute Gasteiger partial charge is 0.221 e. The molecule has 0 bridgehead atoms. The van der Waals surface area contributed by atoms with Gasteiger partial charge in [-0.05, 0) is 29.8 Å². The van der Waals surface area contributed by atoms with Crippen molar-refractivity contribution in [3.05, 3.63) is 65.2 Å². The first kappa shape index (κ1) is 18.8. The maximum absolute atomic E-state index is 12.3. The van der Waals surface area contributed by atoms with Crippen LogP contribution in [-0.2, 0) is 4.79 Å². The molecule has 24 heavy (non-hydrogen) atoms. The molecule has 2 aromatic carbocycles. The molecule has 0 aliphatic rings. The molecule has 2 aromatic rings. The summed E-state index contributed by atoms with van der Waals surface area (Å²) in [5.41, 5.74) is 1.15. The van der Waals surface area contributed by atoms with E-state index in [0.29, 0.717) is 6.42 Å². The molecule has 0 unspecified atom stereocenters. The summed E-state index contributed by atoms with van der Waals surface area (Å²) in [7, 11) is 4.19. The average molecular weight is 364 g/mol. The van der Waals surface area contributed by atoms with Gasteiger partial charge in [0.05, 0.1) is 14.1 Å². The number of hydrogen-bond donors (Lipinski definition) is 2. The molecule has 1 amide bonds. The zero-order valence-corrected chi connectivity index (χ0v) is 15.7. The zero-order valence-electron chi connectivity index (χ0n) is 14.1. The minimum atomic E-state index is 0.0456. The van der Waals surface area contributed by atoms with Crippen LogP contribution in [-0.4, -0.2) is 32.3 Å². The third kappa shape index (κ3) is 6.56. The van der Waals surface area contributed by atoms with Gasteiger partial charge in [-0.25, -0.2) is 0 Å². The van der Waals surface area contributed by atoms with Crippen molar-refractivity contribution in [3.63, 3.8) is 0 Å². The van der Waals surface area contributed by atoms with Crippen molar-refractivity contribution in [2.75, 3.05) is 26.4 Å². The molecule has 0 aromatic heterocycles. The highest BCUT2D eigenvalue weighted by atomic mass is 35.5. The molecule has 0 spiro atoms. The van der Waals surface area contributed by atoms with Gasteiger partial charge in [0.25, 0.3) is 0 Å². The van der Waals surface area contributed by atoms with Gasteiger partial charge < -0.3 is 10.2 Å². The van der Waals surface area contributed by atoms with Crippen LogP contribution in [0.1, 0.15) is 18.0 Å². The number of carbonyl (C=O) groups excluding carboxylic acids is 1. The largest absolute Gasteiger partial charge is 0.344 e. The van der Waals surface area contributed by atoms with E-state index in [9.17, 15) is 4.79 Å². The van der Waals surface area contributed by atoms with E-state index in [2.05, 4.69) is 31.5 Å². The van der Waals surface area contributed by atoms with E-state index in [1.807, 2.05) is 42.5 Å². The minimum Gasteiger partial charge on any atom is -0.344 e. The zero-order chi connectivity index (χ0) is 17.4. The summed E-state index contributed by atoms with van der Waals surface area (Å²) in [6, 6.07) is 17.9. The average Bonchev–Trinajstić information content (AvgIpc) is 2.56. The SMILES string of the molecule is C[NH+](C)C[C@@H](NC(=O)CCSc1ccc(Cl)cc1)c1ccccc1. The second-order valence-corrected chi connectivity index (χ2v) is 7.60. The van der Waals surface area contributed by atoms with Gasteiger partial charge in [0.1, 0.15) is 12.6 Å². The molecule has 5 heteroatoms. The summed E-state index contributed by atoms with van der Waals surface area (Å²) in [6.45, 7) is 0.861. The number of rotatable bonds is 8. The standard InChI is InChI=1S/C19H23ClN2OS/c1-22(2)14-18(15-6-4-3-5-7-15)21-19(23)12-13-24-17-10-8-16(20)9-11-17/h3-11,18H,12-14H2,1-2H3,(H,21,23)/p+1/t18-/m1/s1. The van der Waals surface area contributed by atoms with E-state index in [-0.39, 0.29) is 11.9 Å². The fourth-order valence-electron chi connectivity index (χ4n) is 2.40. The lowest BCUT2D eigenvalue weighted by Gasteiger charge is -2.20. The highest BCUT2D eigenvalue weighted by Crippen LogP contribution is 2.21. The first-order valence-electron chi connectivity index (χ1n) is 8.06. The molecule has 2 rings (SSSR count). The van der Waals surface area contributed by atoms with Crippen molar-refractivity contribution in [2.24, 2.45) is 0 Å². The van der Waals surface area contributed by atoms with Gasteiger partial charge in [0.2, 0.25) is 5.91 Å². The summed E-state index contributed by atoms with van der Waals surface area (Å²) < 4.78 is 0. The Hall–Kier alpha value is -1.49. The van der Waals surface area contributed by atoms with Gasteiger partial charge in [0.15, 0.2) is 0 Å². The maximum atomic E-state index is 12.3. The maximum Gasteiger partial charge on any atom is 0.221 e. The Morgan fingerprint density at radius 1 is 1.12 bits per heavy atom.